The van der Waals surface area contributed by atoms with Gasteiger partial charge < -0.3 is 0 Å². The molecule has 0 saturated heterocycles. The largest absolute Gasteiger partial charge is 0.416 e. The molecule has 1 heterocycles. The Morgan fingerprint density at radius 1 is 0.667 bits per heavy atom. The van der Waals surface area contributed by atoms with Crippen molar-refractivity contribution in [3.05, 3.63) is 76.9 Å². The van der Waals surface area contributed by atoms with Gasteiger partial charge in [-0.1, -0.05) is 35.9 Å². The first-order chi connectivity index (χ1) is 12.6. The fraction of sp³-hybridized carbons (Fsp3) is 0.105. The molecule has 0 unspecified atom stereocenters. The zero-order valence-electron chi connectivity index (χ0n) is 13.4. The summed E-state index contributed by atoms with van der Waals surface area (Å²) in [4.78, 5) is 4.06. The van der Waals surface area contributed by atoms with Gasteiger partial charge in [0.2, 0.25) is 0 Å². The standard InChI is InChI=1S/C19H10ClF6N/c20-16-9-13(11-3-1-5-14(7-11)18(21,22)23)10-27-17(16)12-4-2-6-15(8-12)19(24,25)26/h1-10H. The molecule has 0 aliphatic carbocycles. The van der Waals surface area contributed by atoms with Crippen LogP contribution in [0.4, 0.5) is 26.3 Å². The zero-order chi connectivity index (χ0) is 19.8. The van der Waals surface area contributed by atoms with Gasteiger partial charge >= 0.3 is 12.4 Å². The monoisotopic (exact) mass is 401 g/mol. The second-order valence-electron chi connectivity index (χ2n) is 5.71. The smallest absolute Gasteiger partial charge is 0.254 e. The summed E-state index contributed by atoms with van der Waals surface area (Å²) >= 11 is 6.14. The van der Waals surface area contributed by atoms with Crippen molar-refractivity contribution < 1.29 is 26.3 Å². The van der Waals surface area contributed by atoms with Gasteiger partial charge in [0.15, 0.2) is 0 Å². The van der Waals surface area contributed by atoms with Crippen molar-refractivity contribution in [1.82, 2.24) is 4.98 Å². The van der Waals surface area contributed by atoms with Crippen LogP contribution in [0.25, 0.3) is 22.4 Å². The molecule has 0 atom stereocenters. The third kappa shape index (κ3) is 4.24. The van der Waals surface area contributed by atoms with Crippen molar-refractivity contribution >= 4 is 11.6 Å². The highest BCUT2D eigenvalue weighted by Crippen LogP contribution is 2.36. The van der Waals surface area contributed by atoms with Gasteiger partial charge in [-0.05, 0) is 35.9 Å². The van der Waals surface area contributed by atoms with E-state index >= 15 is 0 Å². The average Bonchev–Trinajstić information content (AvgIpc) is 2.60. The fourth-order valence-corrected chi connectivity index (χ4v) is 2.80. The SMILES string of the molecule is FC(F)(F)c1cccc(-c2cnc(-c3cccc(C(F)(F)F)c3)c(Cl)c2)c1. The molecule has 1 aromatic heterocycles. The predicted molar refractivity (Wildman–Crippen MR) is 90.1 cm³/mol. The first-order valence-electron chi connectivity index (χ1n) is 7.56. The number of alkyl halides is 6. The average molecular weight is 402 g/mol. The van der Waals surface area contributed by atoms with Crippen molar-refractivity contribution in [3.8, 4) is 22.4 Å². The van der Waals surface area contributed by atoms with E-state index in [1.807, 2.05) is 0 Å². The van der Waals surface area contributed by atoms with Crippen LogP contribution in [0.5, 0.6) is 0 Å². The second-order valence-corrected chi connectivity index (χ2v) is 6.12. The van der Waals surface area contributed by atoms with Gasteiger partial charge in [-0.2, -0.15) is 26.3 Å². The Bertz CT molecular complexity index is 978. The quantitative estimate of drug-likeness (QED) is 0.417. The zero-order valence-corrected chi connectivity index (χ0v) is 14.1. The van der Waals surface area contributed by atoms with E-state index in [1.54, 1.807) is 0 Å². The lowest BCUT2D eigenvalue weighted by atomic mass is 10.0. The number of halogens is 7. The molecule has 0 radical (unpaired) electrons. The maximum absolute atomic E-state index is 12.9. The Kier molecular flexibility index (Phi) is 4.90. The maximum Gasteiger partial charge on any atom is 0.416 e. The van der Waals surface area contributed by atoms with Crippen molar-refractivity contribution in [3.63, 3.8) is 0 Å². The minimum absolute atomic E-state index is 0.0317. The Balaban J connectivity index is 2.00. The number of rotatable bonds is 2. The molecule has 2 aromatic carbocycles. The van der Waals surface area contributed by atoms with Crippen LogP contribution in [-0.4, -0.2) is 4.98 Å². The van der Waals surface area contributed by atoms with E-state index in [2.05, 4.69) is 4.98 Å². The van der Waals surface area contributed by atoms with Gasteiger partial charge in [0.25, 0.3) is 0 Å². The predicted octanol–water partition coefficient (Wildman–Crippen LogP) is 7.11. The van der Waals surface area contributed by atoms with Crippen LogP contribution in [0.1, 0.15) is 11.1 Å². The molecular formula is C19H10ClF6N. The van der Waals surface area contributed by atoms with Crippen LogP contribution < -0.4 is 0 Å². The highest BCUT2D eigenvalue weighted by Gasteiger charge is 2.31. The number of nitrogens with zero attached hydrogens (tertiary/aromatic N) is 1. The van der Waals surface area contributed by atoms with Gasteiger partial charge in [0, 0.05) is 17.3 Å². The van der Waals surface area contributed by atoms with Crippen LogP contribution in [0.15, 0.2) is 60.8 Å². The highest BCUT2D eigenvalue weighted by molar-refractivity contribution is 6.33. The molecule has 1 nitrogen and oxygen atoms in total. The lowest BCUT2D eigenvalue weighted by Gasteiger charge is -2.11. The number of benzene rings is 2. The lowest BCUT2D eigenvalue weighted by Crippen LogP contribution is -2.05. The van der Waals surface area contributed by atoms with Gasteiger partial charge in [0.05, 0.1) is 21.8 Å². The molecular weight excluding hydrogens is 392 g/mol. The van der Waals surface area contributed by atoms with Crippen LogP contribution in [0, 0.1) is 0 Å². The summed E-state index contributed by atoms with van der Waals surface area (Å²) in [5, 5.41) is 0.0317. The Labute approximate surface area is 155 Å². The molecule has 0 amide bonds. The number of hydrogen-bond acceptors (Lipinski definition) is 1. The third-order valence-corrected chi connectivity index (χ3v) is 4.12. The molecule has 3 rings (SSSR count). The van der Waals surface area contributed by atoms with E-state index in [-0.39, 0.29) is 21.8 Å². The molecule has 8 heteroatoms. The molecule has 0 aliphatic heterocycles. The molecule has 0 spiro atoms. The summed E-state index contributed by atoms with van der Waals surface area (Å²) in [6.45, 7) is 0. The van der Waals surface area contributed by atoms with E-state index in [0.29, 0.717) is 5.56 Å². The van der Waals surface area contributed by atoms with Crippen LogP contribution in [0.2, 0.25) is 5.02 Å². The minimum atomic E-state index is -4.51. The second kappa shape index (κ2) is 6.88. The summed E-state index contributed by atoms with van der Waals surface area (Å²) in [6.07, 6.45) is -7.73. The number of hydrogen-bond donors (Lipinski definition) is 0. The number of aromatic nitrogens is 1. The van der Waals surface area contributed by atoms with E-state index in [1.165, 1.54) is 36.5 Å². The topological polar surface area (TPSA) is 12.9 Å². The summed E-state index contributed by atoms with van der Waals surface area (Å²) in [5.74, 6) is 0. The Morgan fingerprint density at radius 2 is 1.19 bits per heavy atom. The van der Waals surface area contributed by atoms with E-state index in [0.717, 1.165) is 24.3 Å². The molecule has 0 aliphatic rings. The number of pyridine rings is 1. The van der Waals surface area contributed by atoms with E-state index in [9.17, 15) is 26.3 Å². The summed E-state index contributed by atoms with van der Waals surface area (Å²) in [7, 11) is 0. The molecule has 0 fully saturated rings. The minimum Gasteiger partial charge on any atom is -0.254 e. The fourth-order valence-electron chi connectivity index (χ4n) is 2.53. The van der Waals surface area contributed by atoms with Crippen LogP contribution in [-0.2, 0) is 12.4 Å². The summed E-state index contributed by atoms with van der Waals surface area (Å²) in [6, 6.07) is 10.5. The van der Waals surface area contributed by atoms with Crippen molar-refractivity contribution in [2.45, 2.75) is 12.4 Å². The summed E-state index contributed by atoms with van der Waals surface area (Å²) < 4.78 is 77.1. The van der Waals surface area contributed by atoms with Gasteiger partial charge in [-0.3, -0.25) is 4.98 Å². The first-order valence-corrected chi connectivity index (χ1v) is 7.94. The molecule has 0 bridgehead atoms. The molecule has 27 heavy (non-hydrogen) atoms. The van der Waals surface area contributed by atoms with Crippen molar-refractivity contribution in [2.24, 2.45) is 0 Å². The van der Waals surface area contributed by atoms with Gasteiger partial charge in [-0.15, -0.1) is 0 Å². The molecule has 3 aromatic rings. The Hall–Kier alpha value is -2.54. The lowest BCUT2D eigenvalue weighted by molar-refractivity contribution is -0.138. The third-order valence-electron chi connectivity index (χ3n) is 3.83. The van der Waals surface area contributed by atoms with E-state index in [4.69, 9.17) is 11.6 Å². The highest BCUT2D eigenvalue weighted by atomic mass is 35.5. The summed E-state index contributed by atoms with van der Waals surface area (Å²) in [5.41, 5.74) is -0.835. The van der Waals surface area contributed by atoms with E-state index < -0.39 is 23.5 Å². The van der Waals surface area contributed by atoms with Crippen LogP contribution >= 0.6 is 11.6 Å². The normalized spacial score (nSPS) is 12.3. The first kappa shape index (κ1) is 19.2. The van der Waals surface area contributed by atoms with Crippen LogP contribution in [0.3, 0.4) is 0 Å². The van der Waals surface area contributed by atoms with Crippen molar-refractivity contribution in [1.29, 1.82) is 0 Å². The molecule has 0 N–H and O–H groups in total. The molecule has 140 valence electrons. The van der Waals surface area contributed by atoms with Crippen molar-refractivity contribution in [2.75, 3.05) is 0 Å². The maximum atomic E-state index is 12.9. The Morgan fingerprint density at radius 3 is 1.70 bits per heavy atom. The van der Waals surface area contributed by atoms with Gasteiger partial charge in [0.1, 0.15) is 0 Å². The molecule has 0 saturated carbocycles. The van der Waals surface area contributed by atoms with Gasteiger partial charge in [-0.25, -0.2) is 0 Å².